The zero-order chi connectivity index (χ0) is 39.1. The Labute approximate surface area is 330 Å². The topological polar surface area (TPSA) is 97.0 Å². The van der Waals surface area contributed by atoms with Crippen LogP contribution in [0.5, 0.6) is 0 Å². The summed E-state index contributed by atoms with van der Waals surface area (Å²) in [6.45, 7) is 12.2. The van der Waals surface area contributed by atoms with E-state index in [0.29, 0.717) is 32.5 Å². The molecule has 0 aromatic carbocycles. The second-order valence-electron chi connectivity index (χ2n) is 15.4. The van der Waals surface area contributed by atoms with Crippen LogP contribution in [0, 0.1) is 0 Å². The molecule has 0 spiro atoms. The summed E-state index contributed by atoms with van der Waals surface area (Å²) in [5.41, 5.74) is 0. The highest BCUT2D eigenvalue weighted by Crippen LogP contribution is 2.33. The first-order chi connectivity index (χ1) is 25.9. The molecular weight excluding hydrogens is 685 g/mol. The normalized spacial score (nSPS) is 12.9. The fraction of sp³-hybridized carbons (Fsp3) is 0.955. The Bertz CT molecular complexity index is 789. The van der Waals surface area contributed by atoms with E-state index in [1.807, 2.05) is 20.8 Å². The van der Waals surface area contributed by atoms with E-state index in [4.69, 9.17) is 18.6 Å². The van der Waals surface area contributed by atoms with E-state index in [1.165, 1.54) is 148 Å². The Hall–Kier alpha value is -0.790. The third-order valence-electron chi connectivity index (χ3n) is 10.8. The number of esters is 2. The van der Waals surface area contributed by atoms with Crippen molar-refractivity contribution < 1.29 is 37.8 Å². The molecule has 0 aliphatic rings. The standard InChI is InChI=1S/C44H88NO7P/c1-6-11-13-15-17-19-21-23-24-25-27-28-30-32-34-36-38-43(46)49-40-42(41-50-53(48)52-45(8-3,9-4)10-5)51-44(47)39-37-35-33-31-29-26-22-20-18-16-14-12-7-2/h42H,6-41H2,1-5H3/q+1/t42-,53?/m1/s1. The molecule has 1 unspecified atom stereocenters. The van der Waals surface area contributed by atoms with Crippen LogP contribution in [0.3, 0.4) is 0 Å². The highest BCUT2D eigenvalue weighted by Gasteiger charge is 2.28. The van der Waals surface area contributed by atoms with E-state index in [9.17, 15) is 14.5 Å². The van der Waals surface area contributed by atoms with E-state index in [0.717, 1.165) is 38.5 Å². The number of carbonyl (C=O) groups excluding carboxylic acids is 2. The molecule has 0 saturated heterocycles. The molecule has 0 amide bonds. The molecule has 2 atom stereocenters. The number of hydroxylamine groups is 3. The van der Waals surface area contributed by atoms with E-state index in [1.54, 1.807) is 0 Å². The first kappa shape index (κ1) is 52.2. The average molecular weight is 774 g/mol. The quantitative estimate of drug-likeness (QED) is 0.0152. The fourth-order valence-corrected chi connectivity index (χ4v) is 7.84. The number of carbonyl (C=O) groups is 2. The minimum absolute atomic E-state index is 0.111. The van der Waals surface area contributed by atoms with Crippen molar-refractivity contribution >= 4 is 20.5 Å². The maximum absolute atomic E-state index is 12.7. The Morgan fingerprint density at radius 2 is 0.868 bits per heavy atom. The van der Waals surface area contributed by atoms with E-state index >= 15 is 0 Å². The maximum Gasteiger partial charge on any atom is 0.574 e. The van der Waals surface area contributed by atoms with Crippen molar-refractivity contribution in [3.63, 3.8) is 0 Å². The van der Waals surface area contributed by atoms with Gasteiger partial charge in [-0.05, 0) is 33.6 Å². The summed E-state index contributed by atoms with van der Waals surface area (Å²) in [6.07, 6.45) is 36.5. The Morgan fingerprint density at radius 3 is 1.23 bits per heavy atom. The van der Waals surface area contributed by atoms with Gasteiger partial charge in [0.25, 0.3) is 0 Å². The van der Waals surface area contributed by atoms with Gasteiger partial charge in [-0.3, -0.25) is 4.79 Å². The van der Waals surface area contributed by atoms with Crippen molar-refractivity contribution in [3.05, 3.63) is 0 Å². The maximum atomic E-state index is 12.7. The van der Waals surface area contributed by atoms with Gasteiger partial charge in [-0.15, -0.1) is 0 Å². The molecular formula is C44H88NO7P+. The predicted octanol–water partition coefficient (Wildman–Crippen LogP) is 13.0. The average Bonchev–Trinajstić information content (AvgIpc) is 3.16. The van der Waals surface area contributed by atoms with Crippen molar-refractivity contribution in [1.82, 2.24) is 0 Å². The van der Waals surface area contributed by atoms with Crippen LogP contribution in [-0.2, 0) is 28.2 Å². The van der Waals surface area contributed by atoms with Gasteiger partial charge in [0.1, 0.15) is 26.1 Å². The monoisotopic (exact) mass is 774 g/mol. The Kier molecular flexibility index (Phi) is 38.9. The summed E-state index contributed by atoms with van der Waals surface area (Å²) in [5, 5.41) is 0. The number of nitrogens with zero attached hydrogens (tertiary/aromatic N) is 1. The first-order valence-electron chi connectivity index (χ1n) is 22.9. The van der Waals surface area contributed by atoms with Crippen LogP contribution < -0.4 is 4.89 Å². The summed E-state index contributed by atoms with van der Waals surface area (Å²) in [6, 6.07) is 0. The summed E-state index contributed by atoms with van der Waals surface area (Å²) in [5.74, 6) is -0.639. The SMILES string of the molecule is CCCCCCCCCCCCCCCCCCC(=[O+])OC[C@H](COP([O-])O[N+](CC)(CC)CC)OC(=O)CCCCCCCCCCCCCCC. The first-order valence-corrected chi connectivity index (χ1v) is 24.0. The molecule has 9 heteroatoms. The lowest BCUT2D eigenvalue weighted by Crippen LogP contribution is -2.47. The van der Waals surface area contributed by atoms with E-state index in [-0.39, 0.29) is 29.8 Å². The molecule has 0 aliphatic carbocycles. The van der Waals surface area contributed by atoms with Crippen molar-refractivity contribution in [2.45, 2.75) is 240 Å². The number of rotatable bonds is 42. The van der Waals surface area contributed by atoms with Gasteiger partial charge in [0, 0.05) is 11.2 Å². The number of unbranched alkanes of at least 4 members (excludes halogenated alkanes) is 27. The molecule has 53 heavy (non-hydrogen) atoms. The van der Waals surface area contributed by atoms with Gasteiger partial charge in [-0.25, -0.2) is 0 Å². The molecule has 0 aliphatic heterocycles. The van der Waals surface area contributed by atoms with Crippen molar-refractivity contribution in [3.8, 4) is 0 Å². The van der Waals surface area contributed by atoms with Crippen molar-refractivity contribution in [1.29, 1.82) is 0 Å². The lowest BCUT2D eigenvalue weighted by atomic mass is 10.0. The van der Waals surface area contributed by atoms with Crippen LogP contribution in [0.15, 0.2) is 0 Å². The molecule has 0 saturated carbocycles. The molecule has 0 bridgehead atoms. The summed E-state index contributed by atoms with van der Waals surface area (Å²) in [7, 11) is -2.43. The smallest absolute Gasteiger partial charge is 0.574 e. The predicted molar refractivity (Wildman–Crippen MR) is 221 cm³/mol. The minimum Gasteiger partial charge on any atom is -0.781 e. The summed E-state index contributed by atoms with van der Waals surface area (Å²) >= 11 is 0. The van der Waals surface area contributed by atoms with Gasteiger partial charge in [0.15, 0.2) is 14.7 Å². The van der Waals surface area contributed by atoms with Crippen LogP contribution in [0.25, 0.3) is 0 Å². The molecule has 0 heterocycles. The van der Waals surface area contributed by atoms with Gasteiger partial charge in [0.2, 0.25) is 6.61 Å². The van der Waals surface area contributed by atoms with Crippen LogP contribution in [0.4, 0.5) is 0 Å². The lowest BCUT2D eigenvalue weighted by molar-refractivity contribution is -1.08. The van der Waals surface area contributed by atoms with Gasteiger partial charge in [-0.1, -0.05) is 187 Å². The molecule has 0 rings (SSSR count). The van der Waals surface area contributed by atoms with Crippen LogP contribution in [0.1, 0.15) is 234 Å². The van der Waals surface area contributed by atoms with Crippen molar-refractivity contribution in [2.75, 3.05) is 32.8 Å². The molecule has 0 aromatic heterocycles. The highest BCUT2D eigenvalue weighted by atomic mass is 31.2. The number of quaternary nitrogens is 1. The fourth-order valence-electron chi connectivity index (χ4n) is 6.88. The molecule has 8 nitrogen and oxygen atoms in total. The summed E-state index contributed by atoms with van der Waals surface area (Å²) < 4.78 is 22.7. The number of hydrogen-bond donors (Lipinski definition) is 0. The Morgan fingerprint density at radius 1 is 0.528 bits per heavy atom. The van der Waals surface area contributed by atoms with E-state index < -0.39 is 14.7 Å². The third-order valence-corrected chi connectivity index (χ3v) is 11.6. The molecule has 0 N–H and O–H groups in total. The van der Waals surface area contributed by atoms with Gasteiger partial charge >= 0.3 is 11.9 Å². The second kappa shape index (κ2) is 39.4. The van der Waals surface area contributed by atoms with Gasteiger partial charge < -0.3 is 18.9 Å². The number of hydrogen-bond acceptors (Lipinski definition) is 7. The minimum atomic E-state index is -2.43. The van der Waals surface area contributed by atoms with Gasteiger partial charge in [-0.2, -0.15) is 9.27 Å². The molecule has 315 valence electrons. The molecule has 1 radical (unpaired) electrons. The van der Waals surface area contributed by atoms with Crippen LogP contribution >= 0.6 is 8.60 Å². The zero-order valence-electron chi connectivity index (χ0n) is 35.8. The molecule has 0 fully saturated rings. The van der Waals surface area contributed by atoms with Crippen LogP contribution in [-0.4, -0.2) is 55.5 Å². The van der Waals surface area contributed by atoms with Gasteiger partial charge in [0.05, 0.1) is 6.61 Å². The van der Waals surface area contributed by atoms with E-state index in [2.05, 4.69) is 13.8 Å². The van der Waals surface area contributed by atoms with Crippen LogP contribution in [0.2, 0.25) is 0 Å². The Balaban J connectivity index is 4.31. The second-order valence-corrected chi connectivity index (χ2v) is 16.3. The largest absolute Gasteiger partial charge is 0.781 e. The zero-order valence-corrected chi connectivity index (χ0v) is 36.7. The summed E-state index contributed by atoms with van der Waals surface area (Å²) in [4.78, 5) is 38.0. The lowest BCUT2D eigenvalue weighted by Gasteiger charge is -2.37. The number of ether oxygens (including phenoxy) is 2. The highest BCUT2D eigenvalue weighted by molar-refractivity contribution is 7.38. The molecule has 0 aromatic rings. The van der Waals surface area contributed by atoms with Crippen molar-refractivity contribution in [2.24, 2.45) is 0 Å². The third kappa shape index (κ3) is 34.2.